The first-order valence-corrected chi connectivity index (χ1v) is 14.6. The van der Waals surface area contributed by atoms with Crippen LogP contribution in [0.2, 0.25) is 0 Å². The van der Waals surface area contributed by atoms with Gasteiger partial charge in [0.1, 0.15) is 12.4 Å². The van der Waals surface area contributed by atoms with Gasteiger partial charge >= 0.3 is 5.97 Å². The van der Waals surface area contributed by atoms with Gasteiger partial charge in [-0.25, -0.2) is 4.79 Å². The predicted octanol–water partition coefficient (Wildman–Crippen LogP) is 7.47. The number of rotatable bonds is 9. The lowest BCUT2D eigenvalue weighted by Crippen LogP contribution is -2.39. The van der Waals surface area contributed by atoms with Gasteiger partial charge in [-0.2, -0.15) is 0 Å². The van der Waals surface area contributed by atoms with Crippen molar-refractivity contribution in [2.45, 2.75) is 92.6 Å². The van der Waals surface area contributed by atoms with E-state index in [1.54, 1.807) is 6.20 Å². The van der Waals surface area contributed by atoms with Crippen LogP contribution >= 0.6 is 0 Å². The molecule has 0 aliphatic carbocycles. The fourth-order valence-corrected chi connectivity index (χ4v) is 5.02. The zero-order valence-electron chi connectivity index (χ0n) is 25.9. The van der Waals surface area contributed by atoms with Crippen LogP contribution < -0.4 is 9.64 Å². The van der Waals surface area contributed by atoms with E-state index in [9.17, 15) is 4.79 Å². The standard InChI is InChI=1S/C34H45N3O4/c1-23(2)40-32(38)31(41-33(4,5)6)29-24(3)35-21-27(30(29)37-18-16-34(7,8)17-19-37)28-15-14-26(20-36-28)39-22-25-12-10-9-11-13-25/h9-15,20-21,23,31H,16-19,22H2,1-8H3/t31-/m0/s1. The number of benzene rings is 1. The number of pyridine rings is 2. The number of carbonyl (C=O) groups is 1. The average molecular weight is 560 g/mol. The van der Waals surface area contributed by atoms with Crippen molar-refractivity contribution in [3.63, 3.8) is 0 Å². The Morgan fingerprint density at radius 2 is 1.68 bits per heavy atom. The third-order valence-corrected chi connectivity index (χ3v) is 7.28. The van der Waals surface area contributed by atoms with Crippen LogP contribution in [0.25, 0.3) is 11.3 Å². The van der Waals surface area contributed by atoms with E-state index in [2.05, 4.69) is 18.7 Å². The molecular weight excluding hydrogens is 514 g/mol. The first-order chi connectivity index (χ1) is 19.3. The van der Waals surface area contributed by atoms with Gasteiger partial charge in [-0.1, -0.05) is 44.2 Å². The number of anilines is 1. The van der Waals surface area contributed by atoms with E-state index < -0.39 is 17.7 Å². The first-order valence-electron chi connectivity index (χ1n) is 14.6. The van der Waals surface area contributed by atoms with Crippen molar-refractivity contribution < 1.29 is 19.0 Å². The Hall–Kier alpha value is -3.45. The summed E-state index contributed by atoms with van der Waals surface area (Å²) in [6.07, 6.45) is 4.49. The molecule has 1 aliphatic rings. The lowest BCUT2D eigenvalue weighted by molar-refractivity contribution is -0.171. The maximum absolute atomic E-state index is 13.6. The Bertz CT molecular complexity index is 1300. The van der Waals surface area contributed by atoms with E-state index in [4.69, 9.17) is 24.2 Å². The van der Waals surface area contributed by atoms with Crippen molar-refractivity contribution in [2.75, 3.05) is 18.0 Å². The summed E-state index contributed by atoms with van der Waals surface area (Å²) in [6, 6.07) is 14.0. The predicted molar refractivity (Wildman–Crippen MR) is 163 cm³/mol. The number of ether oxygens (including phenoxy) is 3. The minimum atomic E-state index is -0.928. The van der Waals surface area contributed by atoms with Gasteiger partial charge in [0.25, 0.3) is 0 Å². The van der Waals surface area contributed by atoms with E-state index in [1.165, 1.54) is 0 Å². The monoisotopic (exact) mass is 559 g/mol. The summed E-state index contributed by atoms with van der Waals surface area (Å²) in [6.45, 7) is 18.3. The largest absolute Gasteiger partial charge is 0.487 e. The highest BCUT2D eigenvalue weighted by molar-refractivity contribution is 5.86. The maximum Gasteiger partial charge on any atom is 0.340 e. The lowest BCUT2D eigenvalue weighted by atomic mass is 9.82. The van der Waals surface area contributed by atoms with E-state index in [0.717, 1.165) is 59.7 Å². The molecule has 1 aliphatic heterocycles. The molecule has 4 rings (SSSR count). The number of aryl methyl sites for hydroxylation is 1. The van der Waals surface area contributed by atoms with Crippen molar-refractivity contribution in [1.82, 2.24) is 9.97 Å². The second-order valence-corrected chi connectivity index (χ2v) is 12.9. The second kappa shape index (κ2) is 12.6. The maximum atomic E-state index is 13.6. The smallest absolute Gasteiger partial charge is 0.340 e. The highest BCUT2D eigenvalue weighted by atomic mass is 16.6. The fourth-order valence-electron chi connectivity index (χ4n) is 5.02. The first kappa shape index (κ1) is 30.5. The van der Waals surface area contributed by atoms with Gasteiger partial charge in [0.2, 0.25) is 0 Å². The molecule has 0 amide bonds. The minimum Gasteiger partial charge on any atom is -0.487 e. The summed E-state index contributed by atoms with van der Waals surface area (Å²) in [5.74, 6) is 0.279. The molecule has 1 atom stereocenters. The van der Waals surface area contributed by atoms with Crippen molar-refractivity contribution in [3.8, 4) is 17.0 Å². The summed E-state index contributed by atoms with van der Waals surface area (Å²) in [5.41, 5.74) is 4.82. The van der Waals surface area contributed by atoms with Gasteiger partial charge in [-0.05, 0) is 77.5 Å². The molecule has 2 aromatic heterocycles. The number of carbonyl (C=O) groups excluding carboxylic acids is 1. The van der Waals surface area contributed by atoms with Crippen molar-refractivity contribution in [2.24, 2.45) is 5.41 Å². The minimum absolute atomic E-state index is 0.257. The SMILES string of the molecule is Cc1ncc(-c2ccc(OCc3ccccc3)cn2)c(N2CCC(C)(C)CC2)c1[C@H](OC(C)(C)C)C(=O)OC(C)C. The van der Waals surface area contributed by atoms with E-state index in [1.807, 2.05) is 90.2 Å². The third kappa shape index (κ3) is 8.07. The van der Waals surface area contributed by atoms with Gasteiger partial charge in [0.15, 0.2) is 6.10 Å². The molecule has 1 aromatic carbocycles. The highest BCUT2D eigenvalue weighted by Crippen LogP contribution is 2.43. The number of hydrogen-bond donors (Lipinski definition) is 0. The Morgan fingerprint density at radius 3 is 2.27 bits per heavy atom. The van der Waals surface area contributed by atoms with Crippen molar-refractivity contribution >= 4 is 11.7 Å². The van der Waals surface area contributed by atoms with Crippen LogP contribution in [0, 0.1) is 12.3 Å². The summed E-state index contributed by atoms with van der Waals surface area (Å²) in [7, 11) is 0. The van der Waals surface area contributed by atoms with Gasteiger partial charge in [0, 0.05) is 36.1 Å². The van der Waals surface area contributed by atoms with Crippen LogP contribution in [0.3, 0.4) is 0 Å². The molecule has 7 nitrogen and oxygen atoms in total. The molecule has 0 radical (unpaired) electrons. The Morgan fingerprint density at radius 1 is 1.00 bits per heavy atom. The zero-order valence-corrected chi connectivity index (χ0v) is 25.9. The zero-order chi connectivity index (χ0) is 29.8. The number of hydrogen-bond acceptors (Lipinski definition) is 7. The molecule has 0 bridgehead atoms. The molecular formula is C34H45N3O4. The average Bonchev–Trinajstić information content (AvgIpc) is 2.91. The number of piperidine rings is 1. The highest BCUT2D eigenvalue weighted by Gasteiger charge is 2.37. The van der Waals surface area contributed by atoms with Crippen molar-refractivity contribution in [3.05, 3.63) is 71.7 Å². The lowest BCUT2D eigenvalue weighted by Gasteiger charge is -2.41. The molecule has 7 heteroatoms. The molecule has 3 heterocycles. The van der Waals surface area contributed by atoms with Crippen LogP contribution in [-0.2, 0) is 20.9 Å². The molecule has 3 aromatic rings. The van der Waals surface area contributed by atoms with Gasteiger partial charge in [0.05, 0.1) is 29.3 Å². The molecule has 0 unspecified atom stereocenters. The number of nitrogens with zero attached hydrogens (tertiary/aromatic N) is 3. The summed E-state index contributed by atoms with van der Waals surface area (Å²) in [5, 5.41) is 0. The third-order valence-electron chi connectivity index (χ3n) is 7.28. The Balaban J connectivity index is 1.78. The van der Waals surface area contributed by atoms with E-state index in [0.29, 0.717) is 12.4 Å². The molecule has 1 fully saturated rings. The normalized spacial score (nSPS) is 16.0. The number of aromatic nitrogens is 2. The topological polar surface area (TPSA) is 73.8 Å². The molecule has 0 saturated carbocycles. The van der Waals surface area contributed by atoms with Crippen LogP contribution in [0.5, 0.6) is 5.75 Å². The molecule has 0 N–H and O–H groups in total. The number of esters is 1. The van der Waals surface area contributed by atoms with Crippen LogP contribution in [0.1, 0.15) is 84.2 Å². The van der Waals surface area contributed by atoms with E-state index in [-0.39, 0.29) is 11.5 Å². The summed E-state index contributed by atoms with van der Waals surface area (Å²) >= 11 is 0. The summed E-state index contributed by atoms with van der Waals surface area (Å²) < 4.78 is 18.2. The Kier molecular flexibility index (Phi) is 9.37. The second-order valence-electron chi connectivity index (χ2n) is 12.9. The van der Waals surface area contributed by atoms with Gasteiger partial charge in [-0.15, -0.1) is 0 Å². The van der Waals surface area contributed by atoms with Gasteiger partial charge < -0.3 is 19.1 Å². The molecule has 41 heavy (non-hydrogen) atoms. The van der Waals surface area contributed by atoms with Crippen LogP contribution in [0.4, 0.5) is 5.69 Å². The van der Waals surface area contributed by atoms with Crippen LogP contribution in [-0.4, -0.2) is 40.7 Å². The molecule has 0 spiro atoms. The molecule has 1 saturated heterocycles. The van der Waals surface area contributed by atoms with E-state index >= 15 is 0 Å². The van der Waals surface area contributed by atoms with Gasteiger partial charge in [-0.3, -0.25) is 9.97 Å². The molecule has 220 valence electrons. The summed E-state index contributed by atoms with van der Waals surface area (Å²) in [4.78, 5) is 25.5. The van der Waals surface area contributed by atoms with Crippen molar-refractivity contribution in [1.29, 1.82) is 0 Å². The Labute approximate surface area is 245 Å². The quantitative estimate of drug-likeness (QED) is 0.252. The van der Waals surface area contributed by atoms with Crippen LogP contribution in [0.15, 0.2) is 54.9 Å². The fraction of sp³-hybridized carbons (Fsp3) is 0.500.